The fourth-order valence-corrected chi connectivity index (χ4v) is 2.57. The number of carbonyl (C=O) groups is 1. The van der Waals surface area contributed by atoms with Crippen molar-refractivity contribution in [3.8, 4) is 17.2 Å². The third-order valence-electron chi connectivity index (χ3n) is 3.13. The molecule has 122 valence electrons. The lowest BCUT2D eigenvalue weighted by molar-refractivity contribution is -0.118. The summed E-state index contributed by atoms with van der Waals surface area (Å²) in [6, 6.07) is 10.8. The summed E-state index contributed by atoms with van der Waals surface area (Å²) in [5.41, 5.74) is 1.64. The Morgan fingerprint density at radius 3 is 2.48 bits per heavy atom. The van der Waals surface area contributed by atoms with E-state index < -0.39 is 0 Å². The highest BCUT2D eigenvalue weighted by Gasteiger charge is 2.10. The molecule has 2 rings (SSSR count). The molecule has 5 nitrogen and oxygen atoms in total. The molecule has 0 atom stereocenters. The van der Waals surface area contributed by atoms with Crippen LogP contribution in [0.1, 0.15) is 5.56 Å². The maximum atomic E-state index is 12.1. The number of carbonyl (C=O) groups excluding carboxylic acids is 1. The Morgan fingerprint density at radius 2 is 1.83 bits per heavy atom. The summed E-state index contributed by atoms with van der Waals surface area (Å²) in [4.78, 5) is 12.1. The zero-order valence-corrected chi connectivity index (χ0v) is 14.8. The molecule has 0 heterocycles. The quantitative estimate of drug-likeness (QED) is 0.829. The van der Waals surface area contributed by atoms with Gasteiger partial charge in [-0.25, -0.2) is 0 Å². The highest BCUT2D eigenvalue weighted by Crippen LogP contribution is 2.29. The molecule has 0 fully saturated rings. The Hall–Kier alpha value is -2.21. The lowest BCUT2D eigenvalue weighted by Gasteiger charge is -2.13. The summed E-state index contributed by atoms with van der Waals surface area (Å²) in [5, 5.41) is 2.75. The number of rotatable bonds is 6. The van der Waals surface area contributed by atoms with Gasteiger partial charge in [-0.15, -0.1) is 0 Å². The number of methoxy groups -OCH3 is 2. The Bertz CT molecular complexity index is 703. The van der Waals surface area contributed by atoms with E-state index in [1.807, 2.05) is 25.1 Å². The van der Waals surface area contributed by atoms with Crippen LogP contribution in [0.4, 0.5) is 5.69 Å². The molecule has 0 aliphatic heterocycles. The van der Waals surface area contributed by atoms with E-state index >= 15 is 0 Å². The van der Waals surface area contributed by atoms with Gasteiger partial charge in [-0.3, -0.25) is 4.79 Å². The van der Waals surface area contributed by atoms with Gasteiger partial charge in [-0.1, -0.05) is 6.07 Å². The molecule has 0 aromatic heterocycles. The first-order valence-corrected chi connectivity index (χ1v) is 7.73. The third kappa shape index (κ3) is 4.63. The fraction of sp³-hybridized carbons (Fsp3) is 0.235. The molecule has 2 aromatic rings. The minimum Gasteiger partial charge on any atom is -0.497 e. The lowest BCUT2D eigenvalue weighted by Crippen LogP contribution is -2.20. The zero-order chi connectivity index (χ0) is 16.8. The molecule has 0 bridgehead atoms. The Balaban J connectivity index is 2.02. The van der Waals surface area contributed by atoms with Crippen LogP contribution in [-0.2, 0) is 4.79 Å². The maximum Gasteiger partial charge on any atom is 0.262 e. The van der Waals surface area contributed by atoms with Gasteiger partial charge in [0.05, 0.1) is 24.4 Å². The van der Waals surface area contributed by atoms with Crippen molar-refractivity contribution >= 4 is 27.5 Å². The standard InChI is InChI=1S/C17H18BrNO4/c1-11-4-6-15(13(18)8-11)23-10-17(20)19-14-9-12(21-2)5-7-16(14)22-3/h4-9H,10H2,1-3H3,(H,19,20). The summed E-state index contributed by atoms with van der Waals surface area (Å²) in [6.45, 7) is 1.87. The molecule has 0 spiro atoms. The third-order valence-corrected chi connectivity index (χ3v) is 3.75. The predicted molar refractivity (Wildman–Crippen MR) is 92.5 cm³/mol. The van der Waals surface area contributed by atoms with E-state index in [2.05, 4.69) is 21.2 Å². The SMILES string of the molecule is COc1ccc(OC)c(NC(=O)COc2ccc(C)cc2Br)c1. The first-order valence-electron chi connectivity index (χ1n) is 6.94. The summed E-state index contributed by atoms with van der Waals surface area (Å²) in [5.74, 6) is 1.51. The van der Waals surface area contributed by atoms with Crippen molar-refractivity contribution in [2.45, 2.75) is 6.92 Å². The van der Waals surface area contributed by atoms with E-state index in [1.165, 1.54) is 7.11 Å². The highest BCUT2D eigenvalue weighted by molar-refractivity contribution is 9.10. The zero-order valence-electron chi connectivity index (χ0n) is 13.2. The van der Waals surface area contributed by atoms with E-state index in [-0.39, 0.29) is 12.5 Å². The topological polar surface area (TPSA) is 56.8 Å². The van der Waals surface area contributed by atoms with Gasteiger partial charge in [0.15, 0.2) is 6.61 Å². The number of ether oxygens (including phenoxy) is 3. The van der Waals surface area contributed by atoms with Crippen molar-refractivity contribution in [3.63, 3.8) is 0 Å². The van der Waals surface area contributed by atoms with Crippen LogP contribution in [0, 0.1) is 6.92 Å². The van der Waals surface area contributed by atoms with E-state index in [4.69, 9.17) is 14.2 Å². The Labute approximate surface area is 143 Å². The van der Waals surface area contributed by atoms with Crippen LogP contribution in [-0.4, -0.2) is 26.7 Å². The molecule has 0 saturated heterocycles. The van der Waals surface area contributed by atoms with Gasteiger partial charge in [-0.05, 0) is 52.7 Å². The average molecular weight is 380 g/mol. The van der Waals surface area contributed by atoms with Crippen molar-refractivity contribution in [3.05, 3.63) is 46.4 Å². The second-order valence-electron chi connectivity index (χ2n) is 4.84. The van der Waals surface area contributed by atoms with Crippen molar-refractivity contribution in [2.75, 3.05) is 26.1 Å². The molecule has 0 unspecified atom stereocenters. The largest absolute Gasteiger partial charge is 0.497 e. The second kappa shape index (κ2) is 7.87. The Morgan fingerprint density at radius 1 is 1.09 bits per heavy atom. The molecule has 0 aliphatic rings. The van der Waals surface area contributed by atoms with Crippen molar-refractivity contribution < 1.29 is 19.0 Å². The number of nitrogens with one attached hydrogen (secondary N) is 1. The summed E-state index contributed by atoms with van der Waals surface area (Å²) >= 11 is 3.41. The van der Waals surface area contributed by atoms with E-state index in [9.17, 15) is 4.79 Å². The van der Waals surface area contributed by atoms with Gasteiger partial charge in [0.2, 0.25) is 0 Å². The second-order valence-corrected chi connectivity index (χ2v) is 5.69. The van der Waals surface area contributed by atoms with Crippen LogP contribution >= 0.6 is 15.9 Å². The van der Waals surface area contributed by atoms with Crippen LogP contribution in [0.5, 0.6) is 17.2 Å². The average Bonchev–Trinajstić information content (AvgIpc) is 2.54. The van der Waals surface area contributed by atoms with Gasteiger partial charge < -0.3 is 19.5 Å². The molecular weight excluding hydrogens is 362 g/mol. The fourth-order valence-electron chi connectivity index (χ4n) is 1.96. The Kier molecular flexibility index (Phi) is 5.87. The van der Waals surface area contributed by atoms with Gasteiger partial charge in [0, 0.05) is 6.07 Å². The molecule has 2 aromatic carbocycles. The molecule has 0 aliphatic carbocycles. The number of hydrogen-bond acceptors (Lipinski definition) is 4. The molecule has 0 saturated carbocycles. The normalized spacial score (nSPS) is 10.1. The van der Waals surface area contributed by atoms with E-state index in [1.54, 1.807) is 25.3 Å². The number of halogens is 1. The highest BCUT2D eigenvalue weighted by atomic mass is 79.9. The smallest absolute Gasteiger partial charge is 0.262 e. The van der Waals surface area contributed by atoms with Crippen LogP contribution in [0.25, 0.3) is 0 Å². The summed E-state index contributed by atoms with van der Waals surface area (Å²) in [7, 11) is 3.10. The van der Waals surface area contributed by atoms with Crippen molar-refractivity contribution in [1.82, 2.24) is 0 Å². The van der Waals surface area contributed by atoms with E-state index in [0.29, 0.717) is 22.9 Å². The summed E-state index contributed by atoms with van der Waals surface area (Å²) in [6.07, 6.45) is 0. The van der Waals surface area contributed by atoms with Crippen LogP contribution in [0.3, 0.4) is 0 Å². The number of hydrogen-bond donors (Lipinski definition) is 1. The van der Waals surface area contributed by atoms with Crippen molar-refractivity contribution in [2.24, 2.45) is 0 Å². The minimum atomic E-state index is -0.288. The van der Waals surface area contributed by atoms with E-state index in [0.717, 1.165) is 10.0 Å². The van der Waals surface area contributed by atoms with Crippen LogP contribution in [0.2, 0.25) is 0 Å². The first-order chi connectivity index (χ1) is 11.0. The number of benzene rings is 2. The number of anilines is 1. The molecule has 23 heavy (non-hydrogen) atoms. The predicted octanol–water partition coefficient (Wildman–Crippen LogP) is 3.79. The molecule has 0 radical (unpaired) electrons. The molecule has 1 N–H and O–H groups in total. The van der Waals surface area contributed by atoms with Gasteiger partial charge in [-0.2, -0.15) is 0 Å². The molecule has 1 amide bonds. The van der Waals surface area contributed by atoms with Gasteiger partial charge in [0.25, 0.3) is 5.91 Å². The first kappa shape index (κ1) is 17.1. The maximum absolute atomic E-state index is 12.1. The van der Waals surface area contributed by atoms with Crippen LogP contribution < -0.4 is 19.5 Å². The van der Waals surface area contributed by atoms with Gasteiger partial charge in [0.1, 0.15) is 17.2 Å². The summed E-state index contributed by atoms with van der Waals surface area (Å²) < 4.78 is 16.7. The van der Waals surface area contributed by atoms with Crippen LogP contribution in [0.15, 0.2) is 40.9 Å². The van der Waals surface area contributed by atoms with Gasteiger partial charge >= 0.3 is 0 Å². The monoisotopic (exact) mass is 379 g/mol. The minimum absolute atomic E-state index is 0.109. The lowest BCUT2D eigenvalue weighted by atomic mass is 10.2. The van der Waals surface area contributed by atoms with Crippen molar-refractivity contribution in [1.29, 1.82) is 0 Å². The number of aryl methyl sites for hydroxylation is 1. The molecule has 6 heteroatoms. The number of amides is 1. The molecular formula is C17H18BrNO4.